The Labute approximate surface area is 136 Å². The third-order valence-corrected chi connectivity index (χ3v) is 3.38. The Kier molecular flexibility index (Phi) is 6.15. The molecule has 0 fully saturated rings. The average Bonchev–Trinajstić information content (AvgIpc) is 2.82. The number of benzene rings is 1. The van der Waals surface area contributed by atoms with E-state index in [0.717, 1.165) is 16.8 Å². The molecule has 21 heavy (non-hydrogen) atoms. The highest BCUT2D eigenvalue weighted by atomic mass is 79.9. The molecule has 0 saturated carbocycles. The van der Waals surface area contributed by atoms with Gasteiger partial charge in [0.1, 0.15) is 12.4 Å². The lowest BCUT2D eigenvalue weighted by Gasteiger charge is -2.10. The zero-order valence-corrected chi connectivity index (χ0v) is 14.5. The van der Waals surface area contributed by atoms with Gasteiger partial charge in [-0.3, -0.25) is 4.79 Å². The van der Waals surface area contributed by atoms with Gasteiger partial charge in [0.25, 0.3) is 5.91 Å². The van der Waals surface area contributed by atoms with Gasteiger partial charge < -0.3 is 22.3 Å². The molecule has 1 heterocycles. The molecular weight excluding hydrogens is 330 g/mol. The van der Waals surface area contributed by atoms with Crippen LogP contribution in [0.15, 0.2) is 36.9 Å². The standard InChI is InChI=1S/C16H21N3O.BrH/c1-12(2)19-9-8-18(11-19)10-15(20)17-16-13(3)6-5-7-14(16)4;/h5-9,11-12H,10H2,1-4H3;1H. The Bertz CT molecular complexity index is 599. The number of carbonyl (C=O) groups excluding carboxylic acids is 1. The predicted octanol–water partition coefficient (Wildman–Crippen LogP) is -0.384. The number of amides is 1. The molecule has 0 bridgehead atoms. The van der Waals surface area contributed by atoms with Crippen molar-refractivity contribution in [1.29, 1.82) is 0 Å². The zero-order valence-electron chi connectivity index (χ0n) is 12.9. The summed E-state index contributed by atoms with van der Waals surface area (Å²) in [6.45, 7) is 8.56. The van der Waals surface area contributed by atoms with Crippen LogP contribution in [0.3, 0.4) is 0 Å². The lowest BCUT2D eigenvalue weighted by molar-refractivity contribution is -0.683. The minimum absolute atomic E-state index is 0. The number of nitrogens with one attached hydrogen (secondary N) is 1. The number of imidazole rings is 1. The highest BCUT2D eigenvalue weighted by Crippen LogP contribution is 2.19. The van der Waals surface area contributed by atoms with Gasteiger partial charge in [0.2, 0.25) is 6.33 Å². The van der Waals surface area contributed by atoms with Crippen LogP contribution >= 0.6 is 0 Å². The molecule has 1 aromatic heterocycles. The van der Waals surface area contributed by atoms with Crippen molar-refractivity contribution in [1.82, 2.24) is 4.57 Å². The highest BCUT2D eigenvalue weighted by Gasteiger charge is 2.12. The first-order valence-corrected chi connectivity index (χ1v) is 6.90. The van der Waals surface area contributed by atoms with Crippen molar-refractivity contribution in [3.8, 4) is 0 Å². The summed E-state index contributed by atoms with van der Waals surface area (Å²) < 4.78 is 3.97. The Balaban J connectivity index is 0.00000220. The van der Waals surface area contributed by atoms with Crippen molar-refractivity contribution < 1.29 is 26.3 Å². The van der Waals surface area contributed by atoms with E-state index in [1.54, 1.807) is 0 Å². The first-order chi connectivity index (χ1) is 9.47. The van der Waals surface area contributed by atoms with Crippen LogP contribution in [0.1, 0.15) is 31.0 Å². The Morgan fingerprint density at radius 2 is 1.90 bits per heavy atom. The second-order valence-electron chi connectivity index (χ2n) is 5.44. The van der Waals surface area contributed by atoms with Crippen LogP contribution in [-0.4, -0.2) is 10.5 Å². The summed E-state index contributed by atoms with van der Waals surface area (Å²) in [6, 6.07) is 6.41. The Morgan fingerprint density at radius 3 is 2.43 bits per heavy atom. The largest absolute Gasteiger partial charge is 1.00 e. The SMILES string of the molecule is Cc1cccc(C)c1NC(=O)C[n+]1ccn(C(C)C)c1.[Br-]. The van der Waals surface area contributed by atoms with Gasteiger partial charge in [-0.2, -0.15) is 0 Å². The normalized spacial score (nSPS) is 10.3. The van der Waals surface area contributed by atoms with Gasteiger partial charge >= 0.3 is 0 Å². The maximum absolute atomic E-state index is 12.1. The van der Waals surface area contributed by atoms with Crippen LogP contribution in [0.4, 0.5) is 5.69 Å². The quantitative estimate of drug-likeness (QED) is 0.749. The average molecular weight is 352 g/mol. The Morgan fingerprint density at radius 1 is 1.29 bits per heavy atom. The van der Waals surface area contributed by atoms with Crippen molar-refractivity contribution in [3.63, 3.8) is 0 Å². The van der Waals surface area contributed by atoms with Gasteiger partial charge in [-0.25, -0.2) is 9.13 Å². The van der Waals surface area contributed by atoms with Crippen LogP contribution in [0.2, 0.25) is 0 Å². The van der Waals surface area contributed by atoms with E-state index in [1.807, 2.05) is 55.3 Å². The molecule has 0 unspecified atom stereocenters. The van der Waals surface area contributed by atoms with Gasteiger partial charge in [0.15, 0.2) is 6.54 Å². The van der Waals surface area contributed by atoms with Gasteiger partial charge in [-0.1, -0.05) is 18.2 Å². The van der Waals surface area contributed by atoms with Crippen LogP contribution in [0.5, 0.6) is 0 Å². The lowest BCUT2D eigenvalue weighted by atomic mass is 10.1. The number of halogens is 1. The van der Waals surface area contributed by atoms with E-state index in [9.17, 15) is 4.79 Å². The van der Waals surface area contributed by atoms with E-state index in [-0.39, 0.29) is 22.9 Å². The summed E-state index contributed by atoms with van der Waals surface area (Å²) in [6.07, 6.45) is 5.86. The fourth-order valence-corrected chi connectivity index (χ4v) is 2.17. The van der Waals surface area contributed by atoms with E-state index in [4.69, 9.17) is 0 Å². The molecular formula is C16H22BrN3O. The van der Waals surface area contributed by atoms with Crippen LogP contribution < -0.4 is 26.9 Å². The summed E-state index contributed by atoms with van der Waals surface area (Å²) in [5.74, 6) is -0.00564. The van der Waals surface area contributed by atoms with Crippen molar-refractivity contribution in [2.45, 2.75) is 40.3 Å². The molecule has 0 saturated heterocycles. The molecule has 0 aliphatic heterocycles. The van der Waals surface area contributed by atoms with Gasteiger partial charge in [0.05, 0.1) is 6.04 Å². The first-order valence-electron chi connectivity index (χ1n) is 6.90. The molecule has 0 atom stereocenters. The molecule has 0 aliphatic carbocycles. The number of aryl methyl sites for hydroxylation is 2. The van der Waals surface area contributed by atoms with Gasteiger partial charge in [0, 0.05) is 5.69 Å². The topological polar surface area (TPSA) is 37.9 Å². The molecule has 1 N–H and O–H groups in total. The second kappa shape index (κ2) is 7.41. The minimum Gasteiger partial charge on any atom is -1.00 e. The van der Waals surface area contributed by atoms with E-state index in [2.05, 4.69) is 23.7 Å². The molecule has 1 amide bonds. The third kappa shape index (κ3) is 4.43. The maximum Gasteiger partial charge on any atom is 0.266 e. The number of nitrogens with zero attached hydrogens (tertiary/aromatic N) is 2. The van der Waals surface area contributed by atoms with Gasteiger partial charge in [-0.05, 0) is 38.8 Å². The molecule has 2 rings (SSSR count). The number of carbonyl (C=O) groups is 1. The molecule has 1 aromatic carbocycles. The fourth-order valence-electron chi connectivity index (χ4n) is 2.17. The number of para-hydroxylation sites is 1. The molecule has 114 valence electrons. The molecule has 4 nitrogen and oxygen atoms in total. The summed E-state index contributed by atoms with van der Waals surface area (Å²) in [4.78, 5) is 12.1. The maximum atomic E-state index is 12.1. The number of aromatic nitrogens is 2. The highest BCUT2D eigenvalue weighted by molar-refractivity contribution is 5.91. The van der Waals surface area contributed by atoms with E-state index >= 15 is 0 Å². The van der Waals surface area contributed by atoms with E-state index in [0.29, 0.717) is 12.6 Å². The predicted molar refractivity (Wildman–Crippen MR) is 79.6 cm³/mol. The van der Waals surface area contributed by atoms with E-state index in [1.165, 1.54) is 0 Å². The zero-order chi connectivity index (χ0) is 14.7. The number of rotatable bonds is 4. The van der Waals surface area contributed by atoms with Crippen molar-refractivity contribution >= 4 is 11.6 Å². The van der Waals surface area contributed by atoms with Crippen molar-refractivity contribution in [2.75, 3.05) is 5.32 Å². The summed E-state index contributed by atoms with van der Waals surface area (Å²) in [7, 11) is 0. The van der Waals surface area contributed by atoms with Crippen LogP contribution in [0.25, 0.3) is 0 Å². The van der Waals surface area contributed by atoms with E-state index < -0.39 is 0 Å². The summed E-state index contributed by atoms with van der Waals surface area (Å²) >= 11 is 0. The van der Waals surface area contributed by atoms with Crippen LogP contribution in [-0.2, 0) is 11.3 Å². The molecule has 0 aliphatic rings. The first kappa shape index (κ1) is 17.4. The summed E-state index contributed by atoms with van der Waals surface area (Å²) in [5, 5.41) is 3.00. The molecule has 0 spiro atoms. The third-order valence-electron chi connectivity index (χ3n) is 3.38. The second-order valence-corrected chi connectivity index (χ2v) is 5.44. The fraction of sp³-hybridized carbons (Fsp3) is 0.375. The Hall–Kier alpha value is -1.62. The summed E-state index contributed by atoms with van der Waals surface area (Å²) in [5.41, 5.74) is 3.09. The molecule has 5 heteroatoms. The number of anilines is 1. The number of hydrogen-bond acceptors (Lipinski definition) is 1. The minimum atomic E-state index is -0.00564. The monoisotopic (exact) mass is 351 g/mol. The molecule has 2 aromatic rings. The molecule has 0 radical (unpaired) electrons. The van der Waals surface area contributed by atoms with Gasteiger partial charge in [-0.15, -0.1) is 0 Å². The van der Waals surface area contributed by atoms with Crippen molar-refractivity contribution in [2.24, 2.45) is 0 Å². The van der Waals surface area contributed by atoms with Crippen molar-refractivity contribution in [3.05, 3.63) is 48.0 Å². The lowest BCUT2D eigenvalue weighted by Crippen LogP contribution is -3.00. The van der Waals surface area contributed by atoms with Crippen LogP contribution in [0, 0.1) is 13.8 Å². The number of hydrogen-bond donors (Lipinski definition) is 1. The smallest absolute Gasteiger partial charge is 0.266 e.